The number of nitrogens with zero attached hydrogens (tertiary/aromatic N) is 3. The lowest BCUT2D eigenvalue weighted by atomic mass is 10.1. The molecule has 3 rings (SSSR count). The second-order valence-electron chi connectivity index (χ2n) is 6.06. The Labute approximate surface area is 150 Å². The quantitative estimate of drug-likeness (QED) is 0.578. The third-order valence-corrected chi connectivity index (χ3v) is 4.90. The van der Waals surface area contributed by atoms with Gasteiger partial charge >= 0.3 is 0 Å². The topological polar surface area (TPSA) is 49.6 Å². The monoisotopic (exact) mass is 389 g/mol. The van der Waals surface area contributed by atoms with Crippen molar-refractivity contribution < 1.29 is 4.92 Å². The van der Waals surface area contributed by atoms with Crippen LogP contribution in [0.4, 0.5) is 5.69 Å². The van der Waals surface area contributed by atoms with Crippen LogP contribution in [0.5, 0.6) is 0 Å². The first kappa shape index (κ1) is 17.1. The van der Waals surface area contributed by atoms with Crippen LogP contribution in [0.15, 0.2) is 53.0 Å². The summed E-state index contributed by atoms with van der Waals surface area (Å²) in [4.78, 5) is 15.5. The van der Waals surface area contributed by atoms with E-state index in [4.69, 9.17) is 0 Å². The molecule has 2 aromatic carbocycles. The highest BCUT2D eigenvalue weighted by Gasteiger charge is 2.20. The molecule has 5 nitrogen and oxygen atoms in total. The van der Waals surface area contributed by atoms with Crippen molar-refractivity contribution in [1.82, 2.24) is 9.80 Å². The van der Waals surface area contributed by atoms with E-state index in [1.807, 2.05) is 12.1 Å². The number of benzene rings is 2. The van der Waals surface area contributed by atoms with Crippen LogP contribution in [0, 0.1) is 10.1 Å². The van der Waals surface area contributed by atoms with Crippen molar-refractivity contribution in [2.75, 3.05) is 26.2 Å². The van der Waals surface area contributed by atoms with Gasteiger partial charge in [0.2, 0.25) is 0 Å². The lowest BCUT2D eigenvalue weighted by Gasteiger charge is -2.34. The number of para-hydroxylation sites is 1. The molecule has 0 aromatic heterocycles. The maximum atomic E-state index is 11.1. The number of nitro benzene ring substituents is 1. The molecule has 0 radical (unpaired) electrons. The molecule has 1 saturated heterocycles. The Kier molecular flexibility index (Phi) is 5.60. The van der Waals surface area contributed by atoms with E-state index in [2.05, 4.69) is 50.0 Å². The fourth-order valence-corrected chi connectivity index (χ4v) is 3.28. The number of halogens is 1. The van der Waals surface area contributed by atoms with Crippen LogP contribution in [-0.4, -0.2) is 40.9 Å². The summed E-state index contributed by atoms with van der Waals surface area (Å²) in [5.41, 5.74) is 2.32. The molecular weight excluding hydrogens is 370 g/mol. The Morgan fingerprint density at radius 2 is 1.50 bits per heavy atom. The van der Waals surface area contributed by atoms with Gasteiger partial charge in [0.15, 0.2) is 0 Å². The van der Waals surface area contributed by atoms with E-state index < -0.39 is 0 Å². The molecule has 0 aliphatic carbocycles. The van der Waals surface area contributed by atoms with E-state index in [1.165, 1.54) is 5.56 Å². The van der Waals surface area contributed by atoms with Crippen molar-refractivity contribution in [2.24, 2.45) is 0 Å². The standard InChI is InChI=1S/C18H20BrN3O2/c19-17-7-5-15(6-8-17)13-20-9-11-21(12-10-20)14-16-3-1-2-4-18(16)22(23)24/h1-8H,9-14H2. The van der Waals surface area contributed by atoms with Gasteiger partial charge in [0.25, 0.3) is 5.69 Å². The summed E-state index contributed by atoms with van der Waals surface area (Å²) in [5, 5.41) is 11.1. The molecule has 0 unspecified atom stereocenters. The lowest BCUT2D eigenvalue weighted by Crippen LogP contribution is -2.45. The number of nitro groups is 1. The molecule has 24 heavy (non-hydrogen) atoms. The normalized spacial score (nSPS) is 16.2. The number of hydrogen-bond donors (Lipinski definition) is 0. The van der Waals surface area contributed by atoms with Crippen LogP contribution in [0.1, 0.15) is 11.1 Å². The summed E-state index contributed by atoms with van der Waals surface area (Å²) in [5.74, 6) is 0. The molecule has 2 aromatic rings. The average Bonchev–Trinajstić information content (AvgIpc) is 2.59. The molecule has 0 bridgehead atoms. The Hall–Kier alpha value is -1.76. The molecule has 0 atom stereocenters. The maximum absolute atomic E-state index is 11.1. The van der Waals surface area contributed by atoms with Crippen LogP contribution < -0.4 is 0 Å². The second-order valence-corrected chi connectivity index (χ2v) is 6.98. The predicted octanol–water partition coefficient (Wildman–Crippen LogP) is 3.68. The van der Waals surface area contributed by atoms with E-state index in [1.54, 1.807) is 12.1 Å². The Morgan fingerprint density at radius 1 is 0.917 bits per heavy atom. The van der Waals surface area contributed by atoms with Gasteiger partial charge in [-0.05, 0) is 17.7 Å². The first-order chi connectivity index (χ1) is 11.6. The van der Waals surface area contributed by atoms with Gasteiger partial charge in [-0.2, -0.15) is 0 Å². The molecule has 0 N–H and O–H groups in total. The van der Waals surface area contributed by atoms with E-state index in [9.17, 15) is 10.1 Å². The van der Waals surface area contributed by atoms with E-state index in [0.717, 1.165) is 42.8 Å². The minimum atomic E-state index is -0.293. The summed E-state index contributed by atoms with van der Waals surface area (Å²) >= 11 is 3.46. The summed E-state index contributed by atoms with van der Waals surface area (Å²) in [6.45, 7) is 5.43. The molecule has 1 heterocycles. The lowest BCUT2D eigenvalue weighted by molar-refractivity contribution is -0.385. The van der Waals surface area contributed by atoms with Gasteiger partial charge in [0.05, 0.1) is 4.92 Å². The summed E-state index contributed by atoms with van der Waals surface area (Å²) in [7, 11) is 0. The average molecular weight is 390 g/mol. The fraction of sp³-hybridized carbons (Fsp3) is 0.333. The minimum Gasteiger partial charge on any atom is -0.297 e. The number of rotatable bonds is 5. The zero-order valence-electron chi connectivity index (χ0n) is 13.4. The van der Waals surface area contributed by atoms with Crippen molar-refractivity contribution in [3.05, 3.63) is 74.2 Å². The molecule has 0 amide bonds. The molecule has 1 fully saturated rings. The first-order valence-electron chi connectivity index (χ1n) is 8.03. The largest absolute Gasteiger partial charge is 0.297 e. The van der Waals surface area contributed by atoms with Gasteiger partial charge in [0.1, 0.15) is 0 Å². The third-order valence-electron chi connectivity index (χ3n) is 4.37. The van der Waals surface area contributed by atoms with Crippen LogP contribution in [0.25, 0.3) is 0 Å². The van der Waals surface area contributed by atoms with Crippen molar-refractivity contribution >= 4 is 21.6 Å². The Bertz CT molecular complexity index is 698. The molecule has 1 aliphatic rings. The molecule has 0 saturated carbocycles. The smallest absolute Gasteiger partial charge is 0.273 e. The Balaban J connectivity index is 1.54. The number of hydrogen-bond acceptors (Lipinski definition) is 4. The molecule has 0 spiro atoms. The highest BCUT2D eigenvalue weighted by atomic mass is 79.9. The summed E-state index contributed by atoms with van der Waals surface area (Å²) in [6, 6.07) is 15.4. The van der Waals surface area contributed by atoms with Gasteiger partial charge in [-0.25, -0.2) is 0 Å². The van der Waals surface area contributed by atoms with Gasteiger partial charge in [-0.1, -0.05) is 46.3 Å². The molecule has 126 valence electrons. The number of piperazine rings is 1. The highest BCUT2D eigenvalue weighted by molar-refractivity contribution is 9.10. The van der Waals surface area contributed by atoms with Gasteiger partial charge in [-0.15, -0.1) is 0 Å². The van der Waals surface area contributed by atoms with Crippen molar-refractivity contribution in [3.63, 3.8) is 0 Å². The van der Waals surface area contributed by atoms with E-state index in [-0.39, 0.29) is 10.6 Å². The van der Waals surface area contributed by atoms with Gasteiger partial charge in [0, 0.05) is 55.4 Å². The molecular formula is C18H20BrN3O2. The zero-order chi connectivity index (χ0) is 16.9. The summed E-state index contributed by atoms with van der Waals surface area (Å²) in [6.07, 6.45) is 0. The van der Waals surface area contributed by atoms with Crippen molar-refractivity contribution in [1.29, 1.82) is 0 Å². The molecule has 6 heteroatoms. The highest BCUT2D eigenvalue weighted by Crippen LogP contribution is 2.20. The molecule has 1 aliphatic heterocycles. The maximum Gasteiger partial charge on any atom is 0.273 e. The van der Waals surface area contributed by atoms with E-state index >= 15 is 0 Å². The van der Waals surface area contributed by atoms with Gasteiger partial charge < -0.3 is 0 Å². The van der Waals surface area contributed by atoms with Crippen LogP contribution in [-0.2, 0) is 13.1 Å². The van der Waals surface area contributed by atoms with Crippen LogP contribution in [0.3, 0.4) is 0 Å². The third kappa shape index (κ3) is 4.41. The van der Waals surface area contributed by atoms with Crippen molar-refractivity contribution in [3.8, 4) is 0 Å². The predicted molar refractivity (Wildman–Crippen MR) is 97.8 cm³/mol. The Morgan fingerprint density at radius 3 is 2.12 bits per heavy atom. The van der Waals surface area contributed by atoms with Crippen LogP contribution >= 0.6 is 15.9 Å². The zero-order valence-corrected chi connectivity index (χ0v) is 15.0. The second kappa shape index (κ2) is 7.88. The fourth-order valence-electron chi connectivity index (χ4n) is 3.02. The summed E-state index contributed by atoms with van der Waals surface area (Å²) < 4.78 is 1.10. The SMILES string of the molecule is O=[N+]([O-])c1ccccc1CN1CCN(Cc2ccc(Br)cc2)CC1. The van der Waals surface area contributed by atoms with E-state index in [0.29, 0.717) is 6.54 Å². The van der Waals surface area contributed by atoms with Crippen LogP contribution in [0.2, 0.25) is 0 Å². The first-order valence-corrected chi connectivity index (χ1v) is 8.82. The minimum absolute atomic E-state index is 0.217. The van der Waals surface area contributed by atoms with Crippen molar-refractivity contribution in [2.45, 2.75) is 13.1 Å². The van der Waals surface area contributed by atoms with Gasteiger partial charge in [-0.3, -0.25) is 19.9 Å².